The van der Waals surface area contributed by atoms with Crippen molar-refractivity contribution in [2.45, 2.75) is 25.3 Å². The van der Waals surface area contributed by atoms with Crippen LogP contribution in [0, 0.1) is 0 Å². The predicted molar refractivity (Wildman–Crippen MR) is 297 cm³/mol. The molecule has 0 spiro atoms. The van der Waals surface area contributed by atoms with Gasteiger partial charge in [-0.3, -0.25) is 9.98 Å². The minimum absolute atomic E-state index is 0.222. The van der Waals surface area contributed by atoms with Crippen molar-refractivity contribution in [2.24, 2.45) is 4.99 Å². The van der Waals surface area contributed by atoms with Gasteiger partial charge < -0.3 is 4.57 Å². The highest BCUT2D eigenvalue weighted by Crippen LogP contribution is 2.48. The number of benzene rings is 10. The van der Waals surface area contributed by atoms with Crippen LogP contribution in [0.4, 0.5) is 5.69 Å². The van der Waals surface area contributed by atoms with Crippen molar-refractivity contribution in [2.75, 3.05) is 0 Å². The molecule has 0 radical (unpaired) electrons. The monoisotopic (exact) mass is 913 g/mol. The van der Waals surface area contributed by atoms with Crippen molar-refractivity contribution < 1.29 is 0 Å². The molecule has 0 bridgehead atoms. The molecule has 14 rings (SSSR count). The second-order valence-corrected chi connectivity index (χ2v) is 19.3. The van der Waals surface area contributed by atoms with E-state index in [1.165, 1.54) is 76.6 Å². The minimum atomic E-state index is 0.222. The van der Waals surface area contributed by atoms with Crippen LogP contribution in [0.5, 0.6) is 0 Å². The fourth-order valence-corrected chi connectivity index (χ4v) is 11.7. The zero-order chi connectivity index (χ0) is 46.3. The second-order valence-electron chi connectivity index (χ2n) is 18.9. The molecule has 0 amide bonds. The molecule has 1 unspecified atom stereocenters. The van der Waals surface area contributed by atoms with Crippen LogP contribution in [-0.4, -0.2) is 15.3 Å². The number of nitrogens with zero attached hydrogens (tertiary/aromatic N) is 3. The van der Waals surface area contributed by atoms with Crippen LogP contribution in [-0.2, 0) is 6.42 Å². The Labute approximate surface area is 411 Å². The molecule has 1 atom stereocenters. The first-order valence-corrected chi connectivity index (χ1v) is 24.7. The molecule has 10 aromatic carbocycles. The van der Waals surface area contributed by atoms with E-state index in [2.05, 4.69) is 217 Å². The largest absolute Gasteiger partial charge is 0.335 e. The first-order valence-electron chi connectivity index (χ1n) is 24.3. The van der Waals surface area contributed by atoms with Crippen LogP contribution in [0.3, 0.4) is 0 Å². The first kappa shape index (κ1) is 40.7. The highest BCUT2D eigenvalue weighted by molar-refractivity contribution is 6.33. The Morgan fingerprint density at radius 3 is 1.80 bits per heavy atom. The summed E-state index contributed by atoms with van der Waals surface area (Å²) in [5.74, 6) is 0. The average Bonchev–Trinajstić information content (AvgIpc) is 3.75. The SMILES string of the molecule is Clc1ccc(-c2ccc3c(-c4ccc5ccccc5c4)c4ccccc4c(-c4ccc5ccccc5c4)c3c2)cc1-c1ccc2c(c1)c1c(n2C2C=CC=CC2)CCC(c2cnc3ccccc3c2)=N1. The van der Waals surface area contributed by atoms with E-state index in [1.807, 2.05) is 12.3 Å². The molecule has 70 heavy (non-hydrogen) atoms. The van der Waals surface area contributed by atoms with Gasteiger partial charge in [0, 0.05) is 38.8 Å². The summed E-state index contributed by atoms with van der Waals surface area (Å²) in [6, 6.07) is 71.2. The molecule has 0 saturated carbocycles. The third kappa shape index (κ3) is 6.72. The van der Waals surface area contributed by atoms with Gasteiger partial charge in [0.2, 0.25) is 0 Å². The Morgan fingerprint density at radius 2 is 1.06 bits per heavy atom. The summed E-state index contributed by atoms with van der Waals surface area (Å²) in [4.78, 5) is 10.3. The lowest BCUT2D eigenvalue weighted by Crippen LogP contribution is -2.14. The Hall–Kier alpha value is -8.37. The van der Waals surface area contributed by atoms with Gasteiger partial charge >= 0.3 is 0 Å². The molecule has 2 aliphatic rings. The molecule has 12 aromatic rings. The second kappa shape index (κ2) is 16.4. The highest BCUT2D eigenvalue weighted by Gasteiger charge is 2.27. The van der Waals surface area contributed by atoms with Crippen molar-refractivity contribution >= 4 is 87.9 Å². The van der Waals surface area contributed by atoms with E-state index in [0.717, 1.165) is 74.8 Å². The molecule has 0 fully saturated rings. The van der Waals surface area contributed by atoms with Gasteiger partial charge in [-0.15, -0.1) is 0 Å². The number of allylic oxidation sites excluding steroid dienone is 4. The molecule has 3 nitrogen and oxygen atoms in total. The molecule has 2 aromatic heterocycles. The van der Waals surface area contributed by atoms with Gasteiger partial charge in [0.25, 0.3) is 0 Å². The molecule has 0 saturated heterocycles. The van der Waals surface area contributed by atoms with Gasteiger partial charge in [0.15, 0.2) is 0 Å². The molecule has 4 heteroatoms. The third-order valence-electron chi connectivity index (χ3n) is 14.8. The summed E-state index contributed by atoms with van der Waals surface area (Å²) < 4.78 is 2.53. The maximum absolute atomic E-state index is 7.28. The van der Waals surface area contributed by atoms with Gasteiger partial charge in [-0.2, -0.15) is 0 Å². The molecular weight excluding hydrogens is 870 g/mol. The zero-order valence-corrected chi connectivity index (χ0v) is 39.0. The van der Waals surface area contributed by atoms with Crippen LogP contribution in [0.1, 0.15) is 30.1 Å². The number of aromatic nitrogens is 2. The number of hydrogen-bond donors (Lipinski definition) is 0. The average molecular weight is 915 g/mol. The van der Waals surface area contributed by atoms with Gasteiger partial charge in [-0.05, 0) is 156 Å². The number of pyridine rings is 1. The fourth-order valence-electron chi connectivity index (χ4n) is 11.5. The molecule has 1 aliphatic heterocycles. The standard InChI is InChI=1S/C66H44ClN3/c67-59-30-27-46(37-56(59)47-28-32-62-58(39-47)66-63(70(62)52-17-2-1-3-18-52)33-31-61(69-66)51-36-48-16-8-11-21-60(48)68-40-51)45-26-29-55-57(38-45)65(50-25-23-42-13-5-7-15-44(42)35-50)54-20-10-9-19-53(54)64(55)49-24-22-41-12-4-6-14-43(41)34-49/h1-17,19-30,32,34-40,52H,18,31,33H2. The summed E-state index contributed by atoms with van der Waals surface area (Å²) in [5, 5.41) is 12.8. The lowest BCUT2D eigenvalue weighted by atomic mass is 9.84. The summed E-state index contributed by atoms with van der Waals surface area (Å²) in [6.07, 6.45) is 13.6. The Kier molecular flexibility index (Phi) is 9.53. The topological polar surface area (TPSA) is 30.2 Å². The van der Waals surface area contributed by atoms with E-state index in [-0.39, 0.29) is 6.04 Å². The zero-order valence-electron chi connectivity index (χ0n) is 38.3. The van der Waals surface area contributed by atoms with Gasteiger partial charge in [0.05, 0.1) is 28.5 Å². The Bertz CT molecular complexity index is 4240. The Balaban J connectivity index is 0.947. The van der Waals surface area contributed by atoms with Gasteiger partial charge in [-0.1, -0.05) is 175 Å². The molecule has 0 N–H and O–H groups in total. The number of fused-ring (bicyclic) bond motifs is 8. The third-order valence-corrected chi connectivity index (χ3v) is 15.2. The van der Waals surface area contributed by atoms with Crippen molar-refractivity contribution in [1.29, 1.82) is 0 Å². The lowest BCUT2D eigenvalue weighted by Gasteiger charge is -2.22. The van der Waals surface area contributed by atoms with Crippen LogP contribution in [0.15, 0.2) is 230 Å². The highest BCUT2D eigenvalue weighted by atomic mass is 35.5. The van der Waals surface area contributed by atoms with Crippen molar-refractivity contribution in [3.8, 4) is 44.5 Å². The van der Waals surface area contributed by atoms with Crippen LogP contribution >= 0.6 is 11.6 Å². The fraction of sp³-hybridized carbons (Fsp3) is 0.0606. The van der Waals surface area contributed by atoms with E-state index in [0.29, 0.717) is 5.02 Å². The normalized spacial score (nSPS) is 14.6. The van der Waals surface area contributed by atoms with E-state index in [9.17, 15) is 0 Å². The molecule has 330 valence electrons. The lowest BCUT2D eigenvalue weighted by molar-refractivity contribution is 0.601. The molecule has 1 aliphatic carbocycles. The van der Waals surface area contributed by atoms with Crippen molar-refractivity contribution in [1.82, 2.24) is 9.55 Å². The van der Waals surface area contributed by atoms with Crippen LogP contribution in [0.2, 0.25) is 5.02 Å². The summed E-state index contributed by atoms with van der Waals surface area (Å²) in [6.45, 7) is 0. The van der Waals surface area contributed by atoms with E-state index in [1.54, 1.807) is 0 Å². The minimum Gasteiger partial charge on any atom is -0.335 e. The number of hydrogen-bond acceptors (Lipinski definition) is 2. The number of halogens is 1. The summed E-state index contributed by atoms with van der Waals surface area (Å²) in [7, 11) is 0. The quantitative estimate of drug-likeness (QED) is 0.153. The number of aliphatic imine (C=N–C) groups is 1. The van der Waals surface area contributed by atoms with Gasteiger partial charge in [0.1, 0.15) is 0 Å². The molecular formula is C66H44ClN3. The maximum atomic E-state index is 7.28. The van der Waals surface area contributed by atoms with E-state index >= 15 is 0 Å². The van der Waals surface area contributed by atoms with Crippen molar-refractivity contribution in [3.63, 3.8) is 0 Å². The smallest absolute Gasteiger partial charge is 0.0921 e. The predicted octanol–water partition coefficient (Wildman–Crippen LogP) is 18.2. The number of rotatable bonds is 6. The molecule has 3 heterocycles. The summed E-state index contributed by atoms with van der Waals surface area (Å²) >= 11 is 7.28. The van der Waals surface area contributed by atoms with E-state index in [4.69, 9.17) is 21.6 Å². The van der Waals surface area contributed by atoms with E-state index < -0.39 is 0 Å². The van der Waals surface area contributed by atoms with Crippen LogP contribution in [0.25, 0.3) is 109 Å². The van der Waals surface area contributed by atoms with Crippen molar-refractivity contribution in [3.05, 3.63) is 241 Å². The first-order chi connectivity index (χ1) is 34.6. The van der Waals surface area contributed by atoms with Crippen LogP contribution < -0.4 is 0 Å². The Morgan fingerprint density at radius 1 is 0.457 bits per heavy atom. The summed E-state index contributed by atoms with van der Waals surface area (Å²) in [5.41, 5.74) is 15.9. The maximum Gasteiger partial charge on any atom is 0.0921 e. The number of para-hydroxylation sites is 1. The van der Waals surface area contributed by atoms with Gasteiger partial charge in [-0.25, -0.2) is 0 Å².